The van der Waals surface area contributed by atoms with Crippen LogP contribution < -0.4 is 5.32 Å². The second kappa shape index (κ2) is 8.13. The highest BCUT2D eigenvalue weighted by Crippen LogP contribution is 2.22. The van der Waals surface area contributed by atoms with E-state index in [-0.39, 0.29) is 17.7 Å². The number of hydrogen-bond donors (Lipinski definition) is 1. The molecular formula is C17H15ClN4O2S. The van der Waals surface area contributed by atoms with Gasteiger partial charge in [-0.15, -0.1) is 10.2 Å². The molecule has 0 aliphatic carbocycles. The van der Waals surface area contributed by atoms with Gasteiger partial charge < -0.3 is 9.73 Å². The van der Waals surface area contributed by atoms with Gasteiger partial charge in [-0.05, 0) is 36.8 Å². The highest BCUT2D eigenvalue weighted by molar-refractivity contribution is 7.99. The summed E-state index contributed by atoms with van der Waals surface area (Å²) in [4.78, 5) is 16.0. The summed E-state index contributed by atoms with van der Waals surface area (Å²) in [5, 5.41) is 11.9. The second-order valence-corrected chi connectivity index (χ2v) is 6.60. The van der Waals surface area contributed by atoms with Crippen LogP contribution in [0.25, 0.3) is 11.5 Å². The first-order valence-electron chi connectivity index (χ1n) is 7.53. The van der Waals surface area contributed by atoms with Crippen molar-refractivity contribution in [3.63, 3.8) is 0 Å². The lowest BCUT2D eigenvalue weighted by molar-refractivity contribution is -0.119. The van der Waals surface area contributed by atoms with Gasteiger partial charge in [0.05, 0.1) is 11.8 Å². The molecule has 0 radical (unpaired) electrons. The fourth-order valence-corrected chi connectivity index (χ4v) is 2.82. The Balaban J connectivity index is 1.52. The number of thioether (sulfide) groups is 1. The normalized spacial score (nSPS) is 11.9. The molecule has 0 fully saturated rings. The quantitative estimate of drug-likeness (QED) is 0.662. The third-order valence-corrected chi connectivity index (χ3v) is 4.48. The zero-order valence-electron chi connectivity index (χ0n) is 13.3. The summed E-state index contributed by atoms with van der Waals surface area (Å²) in [6.07, 6.45) is 3.30. The molecule has 1 amide bonds. The largest absolute Gasteiger partial charge is 0.411 e. The molecule has 1 N–H and O–H groups in total. The Labute approximate surface area is 154 Å². The maximum Gasteiger partial charge on any atom is 0.277 e. The Kier molecular flexibility index (Phi) is 5.67. The number of carbonyl (C=O) groups is 1. The molecular weight excluding hydrogens is 360 g/mol. The highest BCUT2D eigenvalue weighted by atomic mass is 35.5. The number of rotatable bonds is 6. The lowest BCUT2D eigenvalue weighted by atomic mass is 10.1. The van der Waals surface area contributed by atoms with Gasteiger partial charge in [0.2, 0.25) is 11.8 Å². The molecule has 2 aromatic heterocycles. The molecule has 1 atom stereocenters. The van der Waals surface area contributed by atoms with E-state index in [1.165, 1.54) is 11.8 Å². The highest BCUT2D eigenvalue weighted by Gasteiger charge is 2.13. The van der Waals surface area contributed by atoms with E-state index in [2.05, 4.69) is 20.5 Å². The number of amides is 1. The van der Waals surface area contributed by atoms with Crippen LogP contribution in [0.1, 0.15) is 18.5 Å². The van der Waals surface area contributed by atoms with Crippen molar-refractivity contribution in [3.05, 3.63) is 59.4 Å². The molecule has 0 spiro atoms. The fraction of sp³-hybridized carbons (Fsp3) is 0.176. The molecule has 2 heterocycles. The average molecular weight is 375 g/mol. The van der Waals surface area contributed by atoms with Gasteiger partial charge in [0.25, 0.3) is 5.22 Å². The number of aromatic nitrogens is 3. The van der Waals surface area contributed by atoms with Crippen LogP contribution in [0.2, 0.25) is 5.02 Å². The van der Waals surface area contributed by atoms with Gasteiger partial charge in [0, 0.05) is 23.0 Å². The van der Waals surface area contributed by atoms with E-state index in [9.17, 15) is 4.79 Å². The summed E-state index contributed by atoms with van der Waals surface area (Å²) >= 11 is 7.06. The summed E-state index contributed by atoms with van der Waals surface area (Å²) in [7, 11) is 0. The van der Waals surface area contributed by atoms with Gasteiger partial charge in [-0.1, -0.05) is 35.5 Å². The molecule has 6 nitrogen and oxygen atoms in total. The van der Waals surface area contributed by atoms with Crippen LogP contribution in [0, 0.1) is 0 Å². The lowest BCUT2D eigenvalue weighted by Crippen LogP contribution is -2.28. The maximum atomic E-state index is 12.1. The number of nitrogens with one attached hydrogen (secondary N) is 1. The van der Waals surface area contributed by atoms with Crippen LogP contribution in [0.3, 0.4) is 0 Å². The SMILES string of the molecule is CC(NC(=O)CSc1nnc(-c2ccncc2)o1)c1ccc(Cl)cc1. The van der Waals surface area contributed by atoms with Crippen LogP contribution >= 0.6 is 23.4 Å². The van der Waals surface area contributed by atoms with E-state index in [1.54, 1.807) is 36.7 Å². The third kappa shape index (κ3) is 4.80. The van der Waals surface area contributed by atoms with Crippen molar-refractivity contribution in [1.82, 2.24) is 20.5 Å². The Morgan fingerprint density at radius 3 is 2.64 bits per heavy atom. The smallest absolute Gasteiger partial charge is 0.277 e. The first-order chi connectivity index (χ1) is 12.1. The number of hydrogen-bond acceptors (Lipinski definition) is 6. The van der Waals surface area contributed by atoms with E-state index >= 15 is 0 Å². The van der Waals surface area contributed by atoms with Crippen molar-refractivity contribution < 1.29 is 9.21 Å². The lowest BCUT2D eigenvalue weighted by Gasteiger charge is -2.13. The Hall–Kier alpha value is -2.38. The molecule has 25 heavy (non-hydrogen) atoms. The molecule has 3 rings (SSSR count). The van der Waals surface area contributed by atoms with Crippen LogP contribution in [0.5, 0.6) is 0 Å². The molecule has 0 saturated heterocycles. The standard InChI is InChI=1S/C17H15ClN4O2S/c1-11(12-2-4-14(18)5-3-12)20-15(23)10-25-17-22-21-16(24-17)13-6-8-19-9-7-13/h2-9,11H,10H2,1H3,(H,20,23). The fourth-order valence-electron chi connectivity index (χ4n) is 2.12. The minimum atomic E-state index is -0.115. The average Bonchev–Trinajstić information content (AvgIpc) is 3.10. The number of benzene rings is 1. The third-order valence-electron chi connectivity index (χ3n) is 3.41. The molecule has 0 bridgehead atoms. The topological polar surface area (TPSA) is 80.9 Å². The van der Waals surface area contributed by atoms with E-state index < -0.39 is 0 Å². The molecule has 3 aromatic rings. The maximum absolute atomic E-state index is 12.1. The summed E-state index contributed by atoms with van der Waals surface area (Å²) < 4.78 is 5.54. The molecule has 1 aromatic carbocycles. The Morgan fingerprint density at radius 2 is 1.92 bits per heavy atom. The number of halogens is 1. The molecule has 0 saturated carbocycles. The second-order valence-electron chi connectivity index (χ2n) is 5.24. The Morgan fingerprint density at radius 1 is 1.20 bits per heavy atom. The minimum Gasteiger partial charge on any atom is -0.411 e. The predicted molar refractivity (Wildman–Crippen MR) is 96.3 cm³/mol. The van der Waals surface area contributed by atoms with Crippen LogP contribution in [0.4, 0.5) is 0 Å². The first kappa shape index (κ1) is 17.4. The monoisotopic (exact) mass is 374 g/mol. The van der Waals surface area contributed by atoms with Gasteiger partial charge in [0.15, 0.2) is 0 Å². The van der Waals surface area contributed by atoms with Gasteiger partial charge in [-0.25, -0.2) is 0 Å². The summed E-state index contributed by atoms with van der Waals surface area (Å²) in [6, 6.07) is 10.8. The van der Waals surface area contributed by atoms with E-state index in [4.69, 9.17) is 16.0 Å². The summed E-state index contributed by atoms with van der Waals surface area (Å²) in [5.74, 6) is 0.478. The number of carbonyl (C=O) groups excluding carboxylic acids is 1. The Bertz CT molecular complexity index is 839. The first-order valence-corrected chi connectivity index (χ1v) is 8.89. The number of pyridine rings is 1. The molecule has 0 aliphatic heterocycles. The van der Waals surface area contributed by atoms with Crippen LogP contribution in [-0.4, -0.2) is 26.8 Å². The van der Waals surface area contributed by atoms with E-state index in [0.29, 0.717) is 16.1 Å². The number of nitrogens with zero attached hydrogens (tertiary/aromatic N) is 3. The molecule has 128 valence electrons. The molecule has 0 aliphatic rings. The van der Waals surface area contributed by atoms with E-state index in [0.717, 1.165) is 11.1 Å². The van der Waals surface area contributed by atoms with Crippen LogP contribution in [-0.2, 0) is 4.79 Å². The van der Waals surface area contributed by atoms with Crippen molar-refractivity contribution in [2.45, 2.75) is 18.2 Å². The predicted octanol–water partition coefficient (Wildman–Crippen LogP) is 3.75. The van der Waals surface area contributed by atoms with Crippen molar-refractivity contribution in [2.75, 3.05) is 5.75 Å². The molecule has 1 unspecified atom stereocenters. The van der Waals surface area contributed by atoms with Crippen molar-refractivity contribution in [2.24, 2.45) is 0 Å². The summed E-state index contributed by atoms with van der Waals surface area (Å²) in [5.41, 5.74) is 1.77. The van der Waals surface area contributed by atoms with Crippen molar-refractivity contribution in [3.8, 4) is 11.5 Å². The van der Waals surface area contributed by atoms with Gasteiger partial charge in [-0.3, -0.25) is 9.78 Å². The molecule has 8 heteroatoms. The van der Waals surface area contributed by atoms with Gasteiger partial charge in [0.1, 0.15) is 0 Å². The zero-order chi connectivity index (χ0) is 17.6. The zero-order valence-corrected chi connectivity index (χ0v) is 14.9. The van der Waals surface area contributed by atoms with E-state index in [1.807, 2.05) is 19.1 Å². The van der Waals surface area contributed by atoms with Crippen molar-refractivity contribution >= 4 is 29.3 Å². The minimum absolute atomic E-state index is 0.111. The van der Waals surface area contributed by atoms with Crippen molar-refractivity contribution in [1.29, 1.82) is 0 Å². The van der Waals surface area contributed by atoms with Gasteiger partial charge >= 0.3 is 0 Å². The van der Waals surface area contributed by atoms with Gasteiger partial charge in [-0.2, -0.15) is 0 Å². The summed E-state index contributed by atoms with van der Waals surface area (Å²) in [6.45, 7) is 1.92. The van der Waals surface area contributed by atoms with Crippen LogP contribution in [0.15, 0.2) is 58.4 Å².